The van der Waals surface area contributed by atoms with E-state index in [9.17, 15) is 19.2 Å². The van der Waals surface area contributed by atoms with Crippen LogP contribution in [0.25, 0.3) is 11.0 Å². The Morgan fingerprint density at radius 3 is 2.25 bits per heavy atom. The lowest BCUT2D eigenvalue weighted by Gasteiger charge is -2.08. The second-order valence-corrected chi connectivity index (χ2v) is 7.76. The van der Waals surface area contributed by atoms with Crippen molar-refractivity contribution < 1.29 is 28.6 Å². The summed E-state index contributed by atoms with van der Waals surface area (Å²) in [7, 11) is 2.37. The molecule has 0 fully saturated rings. The van der Waals surface area contributed by atoms with Gasteiger partial charge >= 0.3 is 23.6 Å². The highest BCUT2D eigenvalue weighted by Crippen LogP contribution is 2.33. The highest BCUT2D eigenvalue weighted by Gasteiger charge is 2.28. The average molecular weight is 461 g/mol. The summed E-state index contributed by atoms with van der Waals surface area (Å²) in [5.74, 6) is -2.07. The van der Waals surface area contributed by atoms with Crippen LogP contribution in [0, 0.1) is 0 Å². The second-order valence-electron chi connectivity index (χ2n) is 6.71. The van der Waals surface area contributed by atoms with Gasteiger partial charge in [-0.15, -0.1) is 11.3 Å². The Labute approximate surface area is 187 Å². The van der Waals surface area contributed by atoms with Gasteiger partial charge in [0.05, 0.1) is 31.7 Å². The number of nitrogens with two attached hydrogens (primary N) is 1. The number of methoxy groups -OCH3 is 2. The Bertz CT molecular complexity index is 1240. The van der Waals surface area contributed by atoms with Crippen molar-refractivity contribution in [1.82, 2.24) is 9.13 Å². The van der Waals surface area contributed by atoms with Gasteiger partial charge in [0.2, 0.25) is 0 Å². The number of rotatable bonds is 8. The molecule has 0 radical (unpaired) electrons. The number of carbonyl (C=O) groups excluding carboxylic acids is 3. The molecule has 10 nitrogen and oxygen atoms in total. The van der Waals surface area contributed by atoms with Gasteiger partial charge in [-0.05, 0) is 19.1 Å². The Kier molecular flexibility index (Phi) is 6.98. The summed E-state index contributed by atoms with van der Waals surface area (Å²) in [5, 5.41) is 0.0576. The minimum absolute atomic E-state index is 0.0343. The van der Waals surface area contributed by atoms with Gasteiger partial charge in [-0.2, -0.15) is 0 Å². The van der Waals surface area contributed by atoms with Crippen LogP contribution >= 0.6 is 11.3 Å². The molecule has 3 rings (SSSR count). The first-order valence-electron chi connectivity index (χ1n) is 9.75. The van der Waals surface area contributed by atoms with Crippen LogP contribution < -0.4 is 11.4 Å². The van der Waals surface area contributed by atoms with Gasteiger partial charge in [-0.3, -0.25) is 13.9 Å². The third-order valence-electron chi connectivity index (χ3n) is 4.95. The van der Waals surface area contributed by atoms with Crippen molar-refractivity contribution in [2.45, 2.75) is 33.0 Å². The standard InChI is InChI=1S/C21H23N3O7S/c1-4-23-13-7-5-6-8-14(13)24(21(23)28)10-9-15(25)31-11-12-16(19(26)29-2)18(22)32-17(12)20(27)30-3/h5-8H,4,9-11,22H2,1-3H3. The van der Waals surface area contributed by atoms with Gasteiger partial charge in [0.1, 0.15) is 22.0 Å². The Morgan fingerprint density at radius 2 is 1.66 bits per heavy atom. The van der Waals surface area contributed by atoms with Crippen LogP contribution in [-0.2, 0) is 38.7 Å². The molecule has 0 atom stereocenters. The molecule has 1 aromatic carbocycles. The SMILES string of the molecule is CCn1c(=O)n(CCC(=O)OCc2c(C(=O)OC)sc(N)c2C(=O)OC)c2ccccc21. The molecule has 0 unspecified atom stereocenters. The lowest BCUT2D eigenvalue weighted by atomic mass is 10.1. The smallest absolute Gasteiger partial charge is 0.348 e. The lowest BCUT2D eigenvalue weighted by Crippen LogP contribution is -2.25. The van der Waals surface area contributed by atoms with Gasteiger partial charge < -0.3 is 19.9 Å². The second kappa shape index (κ2) is 9.69. The van der Waals surface area contributed by atoms with E-state index in [-0.39, 0.29) is 46.3 Å². The third-order valence-corrected chi connectivity index (χ3v) is 5.99. The number of carbonyl (C=O) groups is 3. The minimum atomic E-state index is -0.751. The highest BCUT2D eigenvalue weighted by molar-refractivity contribution is 7.18. The molecule has 11 heteroatoms. The van der Waals surface area contributed by atoms with Gasteiger partial charge in [-0.1, -0.05) is 12.1 Å². The summed E-state index contributed by atoms with van der Waals surface area (Å²) < 4.78 is 17.9. The molecule has 3 aromatic rings. The molecular formula is C21H23N3O7S. The number of anilines is 1. The molecule has 2 heterocycles. The van der Waals surface area contributed by atoms with Crippen molar-refractivity contribution >= 4 is 45.3 Å². The number of nitrogens with zero attached hydrogens (tertiary/aromatic N) is 2. The molecule has 2 aromatic heterocycles. The van der Waals surface area contributed by atoms with Crippen LogP contribution in [0.3, 0.4) is 0 Å². The number of thiophene rings is 1. The maximum Gasteiger partial charge on any atom is 0.348 e. The van der Waals surface area contributed by atoms with Crippen molar-refractivity contribution in [2.75, 3.05) is 20.0 Å². The molecule has 0 amide bonds. The zero-order valence-electron chi connectivity index (χ0n) is 17.9. The molecule has 0 aliphatic rings. The molecule has 170 valence electrons. The first-order valence-corrected chi connectivity index (χ1v) is 10.6. The molecule has 0 aliphatic heterocycles. The molecule has 0 bridgehead atoms. The monoisotopic (exact) mass is 461 g/mol. The topological polar surface area (TPSA) is 132 Å². The van der Waals surface area contributed by atoms with Gasteiger partial charge in [0, 0.05) is 18.7 Å². The van der Waals surface area contributed by atoms with E-state index in [0.29, 0.717) is 6.54 Å². The molecule has 0 spiro atoms. The number of fused-ring (bicyclic) bond motifs is 1. The van der Waals surface area contributed by atoms with Crippen molar-refractivity contribution in [3.05, 3.63) is 50.8 Å². The molecule has 0 aliphatic carbocycles. The van der Waals surface area contributed by atoms with E-state index in [1.807, 2.05) is 31.2 Å². The van der Waals surface area contributed by atoms with E-state index < -0.39 is 17.9 Å². The zero-order chi connectivity index (χ0) is 23.4. The third kappa shape index (κ3) is 4.24. The van der Waals surface area contributed by atoms with Crippen LogP contribution in [0.15, 0.2) is 29.1 Å². The number of aromatic nitrogens is 2. The number of imidazole rings is 1. The number of hydrogen-bond donors (Lipinski definition) is 1. The van der Waals surface area contributed by atoms with E-state index in [0.717, 1.165) is 22.4 Å². The van der Waals surface area contributed by atoms with E-state index in [4.69, 9.17) is 19.9 Å². The Morgan fingerprint density at radius 1 is 1.03 bits per heavy atom. The number of benzene rings is 1. The summed E-state index contributed by atoms with van der Waals surface area (Å²) in [6.45, 7) is 2.12. The fourth-order valence-electron chi connectivity index (χ4n) is 3.43. The molecule has 0 saturated carbocycles. The van der Waals surface area contributed by atoms with Crippen LogP contribution in [-0.4, -0.2) is 41.3 Å². The summed E-state index contributed by atoms with van der Waals surface area (Å²) >= 11 is 0.851. The Hall–Kier alpha value is -3.60. The number of aryl methyl sites for hydroxylation is 2. The number of ether oxygens (including phenoxy) is 3. The lowest BCUT2D eigenvalue weighted by molar-refractivity contribution is -0.145. The summed E-state index contributed by atoms with van der Waals surface area (Å²) in [4.78, 5) is 49.3. The number of hydrogen-bond acceptors (Lipinski definition) is 9. The first kappa shape index (κ1) is 23.1. The molecule has 0 saturated heterocycles. The van der Waals surface area contributed by atoms with E-state index in [1.54, 1.807) is 4.57 Å². The maximum atomic E-state index is 12.7. The first-order chi connectivity index (χ1) is 15.3. The molecular weight excluding hydrogens is 438 g/mol. The highest BCUT2D eigenvalue weighted by atomic mass is 32.1. The number of esters is 3. The molecule has 32 heavy (non-hydrogen) atoms. The summed E-state index contributed by atoms with van der Waals surface area (Å²) in [5.41, 5.74) is 7.25. The van der Waals surface area contributed by atoms with Crippen molar-refractivity contribution in [1.29, 1.82) is 0 Å². The molecule has 2 N–H and O–H groups in total. The average Bonchev–Trinajstić information content (AvgIpc) is 3.27. The van der Waals surface area contributed by atoms with E-state index >= 15 is 0 Å². The van der Waals surface area contributed by atoms with Gasteiger partial charge in [0.15, 0.2) is 0 Å². The van der Waals surface area contributed by atoms with Crippen LogP contribution in [0.2, 0.25) is 0 Å². The zero-order valence-corrected chi connectivity index (χ0v) is 18.7. The van der Waals surface area contributed by atoms with Crippen LogP contribution in [0.5, 0.6) is 0 Å². The number of nitrogen functional groups attached to an aromatic ring is 1. The maximum absolute atomic E-state index is 12.7. The van der Waals surface area contributed by atoms with Crippen LogP contribution in [0.1, 0.15) is 38.9 Å². The Balaban J connectivity index is 1.77. The van der Waals surface area contributed by atoms with Crippen molar-refractivity contribution in [2.24, 2.45) is 0 Å². The van der Waals surface area contributed by atoms with Crippen molar-refractivity contribution in [3.8, 4) is 0 Å². The fraction of sp³-hybridized carbons (Fsp3) is 0.333. The van der Waals surface area contributed by atoms with Crippen LogP contribution in [0.4, 0.5) is 5.00 Å². The fourth-order valence-corrected chi connectivity index (χ4v) is 4.41. The normalized spacial score (nSPS) is 10.8. The predicted molar refractivity (Wildman–Crippen MR) is 118 cm³/mol. The van der Waals surface area contributed by atoms with Gasteiger partial charge in [-0.25, -0.2) is 14.4 Å². The summed E-state index contributed by atoms with van der Waals surface area (Å²) in [6, 6.07) is 7.32. The van der Waals surface area contributed by atoms with Gasteiger partial charge in [0.25, 0.3) is 0 Å². The minimum Gasteiger partial charge on any atom is -0.465 e. The van der Waals surface area contributed by atoms with E-state index in [1.165, 1.54) is 18.8 Å². The van der Waals surface area contributed by atoms with Crippen molar-refractivity contribution in [3.63, 3.8) is 0 Å². The largest absolute Gasteiger partial charge is 0.465 e. The number of para-hydroxylation sites is 2. The van der Waals surface area contributed by atoms with E-state index in [2.05, 4.69) is 0 Å². The predicted octanol–water partition coefficient (Wildman–Crippen LogP) is 2.17. The quantitative estimate of drug-likeness (QED) is 0.399. The summed E-state index contributed by atoms with van der Waals surface area (Å²) in [6.07, 6.45) is -0.0850.